The van der Waals surface area contributed by atoms with Crippen LogP contribution in [0, 0.1) is 6.92 Å². The van der Waals surface area contributed by atoms with E-state index in [-0.39, 0.29) is 26.1 Å². The summed E-state index contributed by atoms with van der Waals surface area (Å²) in [4.78, 5) is 31.5. The van der Waals surface area contributed by atoms with Crippen LogP contribution in [0.25, 0.3) is 22.2 Å². The zero-order valence-corrected chi connectivity index (χ0v) is 25.2. The number of aryl methyl sites for hydroxylation is 2. The highest BCUT2D eigenvalue weighted by atomic mass is 35.5. The lowest BCUT2D eigenvalue weighted by atomic mass is 10.0. The van der Waals surface area contributed by atoms with Crippen molar-refractivity contribution in [2.45, 2.75) is 38.1 Å². The van der Waals surface area contributed by atoms with Crippen molar-refractivity contribution in [2.75, 3.05) is 0 Å². The van der Waals surface area contributed by atoms with Crippen LogP contribution in [0.3, 0.4) is 0 Å². The van der Waals surface area contributed by atoms with Gasteiger partial charge in [0.2, 0.25) is 0 Å². The van der Waals surface area contributed by atoms with E-state index >= 15 is 0 Å². The molecule has 0 aliphatic heterocycles. The second-order valence-corrected chi connectivity index (χ2v) is 12.8. The van der Waals surface area contributed by atoms with Gasteiger partial charge in [-0.05, 0) is 60.3 Å². The Kier molecular flexibility index (Phi) is 8.28. The highest BCUT2D eigenvalue weighted by molar-refractivity contribution is 7.90. The Morgan fingerprint density at radius 2 is 1.78 bits per heavy atom. The van der Waals surface area contributed by atoms with Gasteiger partial charge in [-0.25, -0.2) is 18.1 Å². The van der Waals surface area contributed by atoms with E-state index in [0.29, 0.717) is 41.0 Å². The van der Waals surface area contributed by atoms with Gasteiger partial charge in [-0.15, -0.1) is 0 Å². The molecule has 0 saturated carbocycles. The monoisotopic (exact) mass is 626 g/mol. The van der Waals surface area contributed by atoms with Crippen LogP contribution in [-0.2, 0) is 23.0 Å². The van der Waals surface area contributed by atoms with Crippen LogP contribution in [0.1, 0.15) is 40.0 Å². The van der Waals surface area contributed by atoms with Crippen LogP contribution in [0.2, 0.25) is 10.0 Å². The van der Waals surface area contributed by atoms with E-state index in [1.165, 1.54) is 35.8 Å². The third-order valence-electron chi connectivity index (χ3n) is 6.51. The summed E-state index contributed by atoms with van der Waals surface area (Å²) in [5, 5.41) is 0.859. The van der Waals surface area contributed by atoms with Gasteiger partial charge < -0.3 is 0 Å². The van der Waals surface area contributed by atoms with Gasteiger partial charge in [-0.2, -0.15) is 4.37 Å². The molecule has 0 aliphatic carbocycles. The number of benzene rings is 3. The van der Waals surface area contributed by atoms with Crippen molar-refractivity contribution in [1.82, 2.24) is 18.6 Å². The number of nitrogens with one attached hydrogen (secondary N) is 1. The lowest BCUT2D eigenvalue weighted by Gasteiger charge is -2.14. The molecule has 0 unspecified atom stereocenters. The summed E-state index contributed by atoms with van der Waals surface area (Å²) in [7, 11) is -4.27. The molecule has 41 heavy (non-hydrogen) atoms. The summed E-state index contributed by atoms with van der Waals surface area (Å²) in [6, 6.07) is 17.9. The van der Waals surface area contributed by atoms with E-state index in [4.69, 9.17) is 23.2 Å². The average molecular weight is 628 g/mol. The standard InChI is InChI=1S/C29H24Cl2N4O4S2/c1-3-6-25-32-27-26(17(2)40-33-27)29(37)35(25)16-18-9-11-19(12-10-18)21-7-4-5-8-24(21)41(38,39)34-28(36)22-15-20(30)13-14-23(22)31/h4-5,7-15H,3,6,16H2,1-2H3,(H,34,36). The maximum atomic E-state index is 13.4. The topological polar surface area (TPSA) is 111 Å². The quantitative estimate of drug-likeness (QED) is 0.218. The first-order valence-electron chi connectivity index (χ1n) is 12.6. The van der Waals surface area contributed by atoms with Gasteiger partial charge in [0.15, 0.2) is 5.65 Å². The normalized spacial score (nSPS) is 11.6. The fourth-order valence-corrected chi connectivity index (χ4v) is 6.71. The van der Waals surface area contributed by atoms with Crippen molar-refractivity contribution < 1.29 is 13.2 Å². The Morgan fingerprint density at radius 3 is 2.51 bits per heavy atom. The minimum Gasteiger partial charge on any atom is -0.291 e. The predicted molar refractivity (Wildman–Crippen MR) is 163 cm³/mol. The fourth-order valence-electron chi connectivity index (χ4n) is 4.51. The highest BCUT2D eigenvalue weighted by Gasteiger charge is 2.24. The number of fused-ring (bicyclic) bond motifs is 1. The molecule has 1 N–H and O–H groups in total. The van der Waals surface area contributed by atoms with Crippen molar-refractivity contribution in [3.05, 3.63) is 109 Å². The molecule has 5 aromatic rings. The Bertz CT molecular complexity index is 1950. The van der Waals surface area contributed by atoms with Crippen molar-refractivity contribution in [3.8, 4) is 11.1 Å². The van der Waals surface area contributed by atoms with E-state index in [9.17, 15) is 18.0 Å². The van der Waals surface area contributed by atoms with Crippen molar-refractivity contribution in [3.63, 3.8) is 0 Å². The van der Waals surface area contributed by atoms with E-state index in [0.717, 1.165) is 16.9 Å². The van der Waals surface area contributed by atoms with Crippen molar-refractivity contribution >= 4 is 61.7 Å². The smallest absolute Gasteiger partial charge is 0.266 e. The molecule has 0 spiro atoms. The first kappa shape index (κ1) is 28.9. The molecule has 2 heterocycles. The van der Waals surface area contributed by atoms with Crippen LogP contribution < -0.4 is 10.3 Å². The first-order valence-corrected chi connectivity index (χ1v) is 15.7. The molecule has 8 nitrogen and oxygen atoms in total. The van der Waals surface area contributed by atoms with Crippen molar-refractivity contribution in [1.29, 1.82) is 0 Å². The van der Waals surface area contributed by atoms with Gasteiger partial charge in [0.1, 0.15) is 11.2 Å². The molecule has 0 radical (unpaired) electrons. The van der Waals surface area contributed by atoms with Crippen LogP contribution in [-0.4, -0.2) is 28.2 Å². The van der Waals surface area contributed by atoms with Gasteiger partial charge in [0.05, 0.1) is 22.0 Å². The summed E-state index contributed by atoms with van der Waals surface area (Å²) in [6.07, 6.45) is 1.46. The maximum absolute atomic E-state index is 13.4. The fraction of sp³-hybridized carbons (Fsp3) is 0.172. The number of nitrogens with zero attached hydrogens (tertiary/aromatic N) is 3. The molecular formula is C29H24Cl2N4O4S2. The largest absolute Gasteiger partial charge is 0.291 e. The van der Waals surface area contributed by atoms with Gasteiger partial charge in [-0.1, -0.05) is 72.6 Å². The molecule has 1 amide bonds. The minimum absolute atomic E-state index is 0.0524. The number of carbonyl (C=O) groups excluding carboxylic acids is 1. The van der Waals surface area contributed by atoms with Crippen molar-refractivity contribution in [2.24, 2.45) is 0 Å². The summed E-state index contributed by atoms with van der Waals surface area (Å²) in [6.45, 7) is 4.20. The van der Waals surface area contributed by atoms with Crippen LogP contribution in [0.15, 0.2) is 76.4 Å². The molecule has 0 aliphatic rings. The SMILES string of the molecule is CCCc1nc2nsc(C)c2c(=O)n1Cc1ccc(-c2ccccc2S(=O)(=O)NC(=O)c2cc(Cl)ccc2Cl)cc1. The third-order valence-corrected chi connectivity index (χ3v) is 9.20. The number of amides is 1. The second kappa shape index (κ2) is 11.7. The van der Waals surface area contributed by atoms with Crippen LogP contribution in [0.5, 0.6) is 0 Å². The molecule has 12 heteroatoms. The lowest BCUT2D eigenvalue weighted by Crippen LogP contribution is -2.31. The number of rotatable bonds is 8. The number of aromatic nitrogens is 3. The van der Waals surface area contributed by atoms with Gasteiger partial charge >= 0.3 is 0 Å². The number of sulfonamides is 1. The van der Waals surface area contributed by atoms with E-state index in [1.54, 1.807) is 34.9 Å². The molecule has 210 valence electrons. The Balaban J connectivity index is 1.45. The zero-order chi connectivity index (χ0) is 29.3. The van der Waals surface area contributed by atoms with Gasteiger partial charge in [0.25, 0.3) is 21.5 Å². The lowest BCUT2D eigenvalue weighted by molar-refractivity contribution is 0.0981. The molecule has 0 bridgehead atoms. The summed E-state index contributed by atoms with van der Waals surface area (Å²) < 4.78 is 34.7. The number of hydrogen-bond acceptors (Lipinski definition) is 7. The maximum Gasteiger partial charge on any atom is 0.266 e. The Labute approximate surface area is 250 Å². The zero-order valence-electron chi connectivity index (χ0n) is 22.0. The van der Waals surface area contributed by atoms with Crippen LogP contribution in [0.4, 0.5) is 0 Å². The van der Waals surface area contributed by atoms with E-state index < -0.39 is 15.9 Å². The minimum atomic E-state index is -4.27. The van der Waals surface area contributed by atoms with Gasteiger partial charge in [-0.3, -0.25) is 14.2 Å². The summed E-state index contributed by atoms with van der Waals surface area (Å²) in [5.74, 6) is -0.219. The average Bonchev–Trinajstić information content (AvgIpc) is 3.32. The number of halogens is 2. The summed E-state index contributed by atoms with van der Waals surface area (Å²) >= 11 is 13.3. The summed E-state index contributed by atoms with van der Waals surface area (Å²) in [5.41, 5.74) is 2.18. The Morgan fingerprint density at radius 1 is 1.05 bits per heavy atom. The molecule has 5 rings (SSSR count). The van der Waals surface area contributed by atoms with E-state index in [2.05, 4.69) is 14.1 Å². The molecule has 2 aromatic heterocycles. The third kappa shape index (κ3) is 5.92. The number of carbonyl (C=O) groups is 1. The molecule has 0 atom stereocenters. The molecular weight excluding hydrogens is 603 g/mol. The number of hydrogen-bond donors (Lipinski definition) is 1. The molecule has 0 saturated heterocycles. The second-order valence-electron chi connectivity index (χ2n) is 9.36. The first-order chi connectivity index (χ1) is 19.6. The van der Waals surface area contributed by atoms with Crippen LogP contribution >= 0.6 is 34.7 Å². The Hall–Kier alpha value is -3.57. The molecule has 3 aromatic carbocycles. The van der Waals surface area contributed by atoms with E-state index in [1.807, 2.05) is 26.0 Å². The highest BCUT2D eigenvalue weighted by Crippen LogP contribution is 2.29. The van der Waals surface area contributed by atoms with Gasteiger partial charge in [0, 0.05) is 21.9 Å². The predicted octanol–water partition coefficient (Wildman–Crippen LogP) is 6.25. The molecule has 0 fully saturated rings.